The molecule has 4 heteroatoms. The maximum absolute atomic E-state index is 10.6. The van der Waals surface area contributed by atoms with Gasteiger partial charge in [0.25, 0.3) is 0 Å². The Labute approximate surface area is 119 Å². The smallest absolute Gasteiger partial charge is 0.303 e. The fourth-order valence-corrected chi connectivity index (χ4v) is 3.73. The van der Waals surface area contributed by atoms with Gasteiger partial charge in [0.05, 0.1) is 0 Å². The van der Waals surface area contributed by atoms with Gasteiger partial charge in [-0.05, 0) is 57.1 Å². The van der Waals surface area contributed by atoms with Gasteiger partial charge in [-0.2, -0.15) is 0 Å². The first-order chi connectivity index (χ1) is 8.58. The Kier molecular flexibility index (Phi) is 4.40. The van der Waals surface area contributed by atoms with Crippen LogP contribution in [0.4, 0.5) is 0 Å². The van der Waals surface area contributed by atoms with Crippen molar-refractivity contribution in [2.24, 2.45) is 5.92 Å². The lowest BCUT2D eigenvalue weighted by Crippen LogP contribution is -2.05. The van der Waals surface area contributed by atoms with Crippen LogP contribution in [0, 0.1) is 5.92 Å². The quantitative estimate of drug-likeness (QED) is 0.864. The predicted octanol–water partition coefficient (Wildman–Crippen LogP) is 4.71. The number of hydrogen-bond donors (Lipinski definition) is 1. The molecule has 0 aliphatic carbocycles. The molecule has 0 aliphatic rings. The van der Waals surface area contributed by atoms with Crippen molar-refractivity contribution >= 4 is 43.3 Å². The molecule has 1 aromatic carbocycles. The standard InChI is InChI=1S/C14H15BrO2S/c1-9(7-13(16)17)5-6-10-8-18-14-11(10)3-2-4-12(14)15/h2-4,8-9H,5-7H2,1H3,(H,16,17). The van der Waals surface area contributed by atoms with E-state index in [1.165, 1.54) is 15.6 Å². The van der Waals surface area contributed by atoms with Gasteiger partial charge < -0.3 is 5.11 Å². The molecule has 0 fully saturated rings. The molecule has 0 saturated carbocycles. The Hall–Kier alpha value is -0.870. The van der Waals surface area contributed by atoms with E-state index in [9.17, 15) is 4.79 Å². The number of rotatable bonds is 5. The second-order valence-electron chi connectivity index (χ2n) is 4.62. The first kappa shape index (κ1) is 13.6. The van der Waals surface area contributed by atoms with E-state index in [1.807, 2.05) is 13.0 Å². The number of fused-ring (bicyclic) bond motifs is 1. The number of carboxylic acids is 1. The van der Waals surface area contributed by atoms with Gasteiger partial charge in [0.15, 0.2) is 0 Å². The average Bonchev–Trinajstić information content (AvgIpc) is 2.70. The van der Waals surface area contributed by atoms with E-state index in [0.717, 1.165) is 17.3 Å². The molecule has 0 saturated heterocycles. The highest BCUT2D eigenvalue weighted by Gasteiger charge is 2.10. The van der Waals surface area contributed by atoms with Crippen LogP contribution >= 0.6 is 27.3 Å². The van der Waals surface area contributed by atoms with Crippen LogP contribution in [0.5, 0.6) is 0 Å². The van der Waals surface area contributed by atoms with Crippen molar-refractivity contribution in [1.82, 2.24) is 0 Å². The molecule has 1 atom stereocenters. The van der Waals surface area contributed by atoms with Crippen molar-refractivity contribution < 1.29 is 9.90 Å². The molecular weight excluding hydrogens is 312 g/mol. The maximum atomic E-state index is 10.6. The number of carboxylic acid groups (broad SMARTS) is 1. The normalized spacial score (nSPS) is 12.8. The molecule has 0 bridgehead atoms. The van der Waals surface area contributed by atoms with Gasteiger partial charge in [-0.25, -0.2) is 0 Å². The topological polar surface area (TPSA) is 37.3 Å². The van der Waals surface area contributed by atoms with Crippen molar-refractivity contribution in [2.75, 3.05) is 0 Å². The van der Waals surface area contributed by atoms with Gasteiger partial charge >= 0.3 is 5.97 Å². The van der Waals surface area contributed by atoms with Gasteiger partial charge in [-0.3, -0.25) is 4.79 Å². The van der Waals surface area contributed by atoms with Crippen LogP contribution in [0.25, 0.3) is 10.1 Å². The Morgan fingerprint density at radius 1 is 1.50 bits per heavy atom. The van der Waals surface area contributed by atoms with Crippen LogP contribution < -0.4 is 0 Å². The Morgan fingerprint density at radius 3 is 3.00 bits per heavy atom. The molecule has 0 spiro atoms. The average molecular weight is 327 g/mol. The Balaban J connectivity index is 2.08. The number of thiophene rings is 1. The molecule has 1 heterocycles. The summed E-state index contributed by atoms with van der Waals surface area (Å²) in [7, 11) is 0. The lowest BCUT2D eigenvalue weighted by Gasteiger charge is -2.07. The van der Waals surface area contributed by atoms with Crippen molar-refractivity contribution in [3.63, 3.8) is 0 Å². The number of aryl methyl sites for hydroxylation is 1. The fourth-order valence-electron chi connectivity index (χ4n) is 2.07. The van der Waals surface area contributed by atoms with E-state index < -0.39 is 5.97 Å². The SMILES string of the molecule is CC(CCc1csc2c(Br)cccc12)CC(=O)O. The third-order valence-corrected chi connectivity index (χ3v) is 5.06. The Morgan fingerprint density at radius 2 is 2.28 bits per heavy atom. The second-order valence-corrected chi connectivity index (χ2v) is 6.35. The summed E-state index contributed by atoms with van der Waals surface area (Å²) in [6, 6.07) is 6.23. The lowest BCUT2D eigenvalue weighted by atomic mass is 9.98. The summed E-state index contributed by atoms with van der Waals surface area (Å²) >= 11 is 5.30. The van der Waals surface area contributed by atoms with E-state index >= 15 is 0 Å². The van der Waals surface area contributed by atoms with Gasteiger partial charge in [-0.15, -0.1) is 11.3 Å². The van der Waals surface area contributed by atoms with Crippen molar-refractivity contribution in [3.05, 3.63) is 33.6 Å². The summed E-state index contributed by atoms with van der Waals surface area (Å²) in [5, 5.41) is 12.2. The lowest BCUT2D eigenvalue weighted by molar-refractivity contribution is -0.138. The summed E-state index contributed by atoms with van der Waals surface area (Å²) in [6.07, 6.45) is 2.13. The number of hydrogen-bond acceptors (Lipinski definition) is 2. The van der Waals surface area contributed by atoms with E-state index in [4.69, 9.17) is 5.11 Å². The third-order valence-electron chi connectivity index (χ3n) is 3.06. The minimum atomic E-state index is -0.708. The molecule has 2 aromatic rings. The first-order valence-corrected chi connectivity index (χ1v) is 7.61. The molecule has 0 aliphatic heterocycles. The van der Waals surface area contributed by atoms with Crippen LogP contribution in [-0.4, -0.2) is 11.1 Å². The van der Waals surface area contributed by atoms with Gasteiger partial charge in [0, 0.05) is 15.6 Å². The van der Waals surface area contributed by atoms with Crippen molar-refractivity contribution in [2.45, 2.75) is 26.2 Å². The summed E-state index contributed by atoms with van der Waals surface area (Å²) in [6.45, 7) is 2.00. The zero-order valence-electron chi connectivity index (χ0n) is 10.1. The van der Waals surface area contributed by atoms with Crippen LogP contribution in [0.1, 0.15) is 25.3 Å². The van der Waals surface area contributed by atoms with Crippen LogP contribution in [0.2, 0.25) is 0 Å². The molecule has 1 aromatic heterocycles. The summed E-state index contributed by atoms with van der Waals surface area (Å²) < 4.78 is 2.41. The number of aliphatic carboxylic acids is 1. The number of halogens is 1. The van der Waals surface area contributed by atoms with E-state index in [1.54, 1.807) is 11.3 Å². The molecule has 1 N–H and O–H groups in total. The summed E-state index contributed by atoms with van der Waals surface area (Å²) in [4.78, 5) is 10.6. The molecule has 96 valence electrons. The monoisotopic (exact) mass is 326 g/mol. The zero-order valence-corrected chi connectivity index (χ0v) is 12.6. The molecule has 1 unspecified atom stereocenters. The van der Waals surface area contributed by atoms with Gasteiger partial charge in [-0.1, -0.05) is 19.1 Å². The van der Waals surface area contributed by atoms with E-state index in [-0.39, 0.29) is 12.3 Å². The summed E-state index contributed by atoms with van der Waals surface area (Å²) in [5.74, 6) is -0.481. The minimum absolute atomic E-state index is 0.226. The highest BCUT2D eigenvalue weighted by molar-refractivity contribution is 9.10. The number of benzene rings is 1. The minimum Gasteiger partial charge on any atom is -0.481 e. The van der Waals surface area contributed by atoms with Crippen molar-refractivity contribution in [1.29, 1.82) is 0 Å². The fraction of sp³-hybridized carbons (Fsp3) is 0.357. The molecule has 2 nitrogen and oxygen atoms in total. The van der Waals surface area contributed by atoms with Crippen molar-refractivity contribution in [3.8, 4) is 0 Å². The Bertz CT molecular complexity index is 562. The second kappa shape index (κ2) is 5.85. The van der Waals surface area contributed by atoms with Gasteiger partial charge in [0.2, 0.25) is 0 Å². The van der Waals surface area contributed by atoms with Crippen LogP contribution in [0.3, 0.4) is 0 Å². The van der Waals surface area contributed by atoms with Crippen LogP contribution in [-0.2, 0) is 11.2 Å². The molecular formula is C14H15BrO2S. The molecule has 18 heavy (non-hydrogen) atoms. The van der Waals surface area contributed by atoms with Gasteiger partial charge in [0.1, 0.15) is 0 Å². The van der Waals surface area contributed by atoms with Crippen LogP contribution in [0.15, 0.2) is 28.1 Å². The van der Waals surface area contributed by atoms with E-state index in [0.29, 0.717) is 0 Å². The third kappa shape index (κ3) is 3.12. The molecule has 0 amide bonds. The largest absolute Gasteiger partial charge is 0.481 e. The maximum Gasteiger partial charge on any atom is 0.303 e. The molecule has 0 radical (unpaired) electrons. The molecule has 2 rings (SSSR count). The highest BCUT2D eigenvalue weighted by Crippen LogP contribution is 2.33. The highest BCUT2D eigenvalue weighted by atomic mass is 79.9. The zero-order chi connectivity index (χ0) is 13.1. The first-order valence-electron chi connectivity index (χ1n) is 5.94. The predicted molar refractivity (Wildman–Crippen MR) is 79.3 cm³/mol. The van der Waals surface area contributed by atoms with E-state index in [2.05, 4.69) is 33.4 Å². The summed E-state index contributed by atoms with van der Waals surface area (Å²) in [5.41, 5.74) is 1.33. The number of carbonyl (C=O) groups is 1.